The Bertz CT molecular complexity index is 678. The molecular weight excluding hydrogens is 331 g/mol. The van der Waals surface area contributed by atoms with E-state index in [4.69, 9.17) is 9.74 Å². The van der Waals surface area contributed by atoms with Gasteiger partial charge in [-0.3, -0.25) is 9.74 Å². The molecule has 2 aromatic carbocycles. The van der Waals surface area contributed by atoms with Crippen LogP contribution >= 0.6 is 18.8 Å². The van der Waals surface area contributed by atoms with E-state index in [0.717, 1.165) is 4.78 Å². The molecule has 0 aliphatic rings. The number of aliphatic imine (C=N–C) groups is 1. The average molecular weight is 358 g/mol. The third kappa shape index (κ3) is 4.20. The van der Waals surface area contributed by atoms with Gasteiger partial charge >= 0.3 is 0 Å². The summed E-state index contributed by atoms with van der Waals surface area (Å²) in [6.07, 6.45) is 0. The van der Waals surface area contributed by atoms with Gasteiger partial charge in [0.05, 0.1) is 7.05 Å². The smallest absolute Gasteiger partial charge is 0.115 e. The Morgan fingerprint density at radius 3 is 1.62 bits per heavy atom. The highest BCUT2D eigenvalue weighted by atomic mass is 32.2. The normalized spacial score (nSPS) is 12.7. The summed E-state index contributed by atoms with van der Waals surface area (Å²) in [5, 5.41) is 3.02. The number of nitrogens with zero attached hydrogens (tertiary/aromatic N) is 2. The molecule has 2 nitrogen and oxygen atoms in total. The molecule has 0 aliphatic carbocycles. The third-order valence-electron chi connectivity index (χ3n) is 3.47. The highest BCUT2D eigenvalue weighted by Gasteiger charge is 2.31. The van der Waals surface area contributed by atoms with E-state index >= 15 is 0 Å². The average Bonchev–Trinajstić information content (AvgIpc) is 2.59. The first-order valence-electron chi connectivity index (χ1n) is 8.37. The van der Waals surface area contributed by atoms with Crippen molar-refractivity contribution in [3.63, 3.8) is 0 Å². The largest absolute Gasteiger partial charge is 0.285 e. The lowest BCUT2D eigenvalue weighted by Crippen LogP contribution is -2.23. The zero-order chi connectivity index (χ0) is 17.6. The van der Waals surface area contributed by atoms with Crippen molar-refractivity contribution in [1.82, 2.24) is 0 Å². The molecule has 4 heteroatoms. The van der Waals surface area contributed by atoms with Crippen LogP contribution in [0.3, 0.4) is 0 Å². The maximum absolute atomic E-state index is 5.33. The summed E-state index contributed by atoms with van der Waals surface area (Å²) in [6, 6.07) is 21.6. The van der Waals surface area contributed by atoms with Gasteiger partial charge in [-0.2, -0.15) is 0 Å². The molecule has 0 heterocycles. The highest BCUT2D eigenvalue weighted by molar-refractivity contribution is 8.30. The highest BCUT2D eigenvalue weighted by Crippen LogP contribution is 2.53. The molecule has 0 atom stereocenters. The van der Waals surface area contributed by atoms with E-state index in [9.17, 15) is 0 Å². The second-order valence-corrected chi connectivity index (χ2v) is 11.0. The minimum Gasteiger partial charge on any atom is -0.285 e. The van der Waals surface area contributed by atoms with E-state index < -0.39 is 7.05 Å². The van der Waals surface area contributed by atoms with Gasteiger partial charge < -0.3 is 0 Å². The summed E-state index contributed by atoms with van der Waals surface area (Å²) in [5.41, 5.74) is 0. The summed E-state index contributed by atoms with van der Waals surface area (Å²) in [7, 11) is -0.179. The Morgan fingerprint density at radius 1 is 0.833 bits per heavy atom. The molecule has 0 bridgehead atoms. The molecule has 0 aliphatic heterocycles. The van der Waals surface area contributed by atoms with Crippen LogP contribution in [0.5, 0.6) is 0 Å². The zero-order valence-electron chi connectivity index (χ0n) is 15.2. The van der Waals surface area contributed by atoms with Crippen molar-refractivity contribution in [2.24, 2.45) is 9.74 Å². The second kappa shape index (κ2) is 8.69. The summed E-state index contributed by atoms with van der Waals surface area (Å²) in [5.74, 6) is 0. The van der Waals surface area contributed by atoms with Crippen molar-refractivity contribution >= 4 is 34.2 Å². The van der Waals surface area contributed by atoms with Gasteiger partial charge in [-0.25, -0.2) is 0 Å². The van der Waals surface area contributed by atoms with Gasteiger partial charge in [0.25, 0.3) is 0 Å². The predicted molar refractivity (Wildman–Crippen MR) is 113 cm³/mol. The molecule has 0 fully saturated rings. The van der Waals surface area contributed by atoms with Gasteiger partial charge in [-0.15, -0.1) is 11.8 Å². The summed E-state index contributed by atoms with van der Waals surface area (Å²) >= 11 is 1.84. The van der Waals surface area contributed by atoms with E-state index in [-0.39, 0.29) is 6.04 Å². The SMILES string of the molecule is CN=C(SC(C)C)P(=NC(C)C)(c1ccccc1)c1ccccc1. The van der Waals surface area contributed by atoms with Crippen molar-refractivity contribution < 1.29 is 0 Å². The van der Waals surface area contributed by atoms with E-state index in [1.165, 1.54) is 10.6 Å². The molecule has 0 spiro atoms. The fourth-order valence-electron chi connectivity index (χ4n) is 2.67. The van der Waals surface area contributed by atoms with E-state index in [2.05, 4.69) is 88.4 Å². The minimum atomic E-state index is -2.08. The van der Waals surface area contributed by atoms with Crippen molar-refractivity contribution in [3.05, 3.63) is 60.7 Å². The molecule has 0 radical (unpaired) electrons. The molecule has 0 saturated carbocycles. The van der Waals surface area contributed by atoms with Gasteiger partial charge in [0, 0.05) is 28.9 Å². The first-order valence-corrected chi connectivity index (χ1v) is 11.0. The number of thioether (sulfide) groups is 1. The fourth-order valence-corrected chi connectivity index (χ4v) is 8.51. The van der Waals surface area contributed by atoms with E-state index in [1.54, 1.807) is 0 Å². The lowest BCUT2D eigenvalue weighted by atomic mass is 10.4. The number of benzene rings is 2. The molecule has 0 unspecified atom stereocenters. The molecule has 128 valence electrons. The summed E-state index contributed by atoms with van der Waals surface area (Å²) < 4.78 is 5.33. The Balaban J connectivity index is 2.85. The molecule has 24 heavy (non-hydrogen) atoms. The van der Waals surface area contributed by atoms with E-state index in [0.29, 0.717) is 5.25 Å². The van der Waals surface area contributed by atoms with Gasteiger partial charge in [0.2, 0.25) is 0 Å². The molecule has 0 amide bonds. The Labute approximate surface area is 150 Å². The lowest BCUT2D eigenvalue weighted by molar-refractivity contribution is 0.849. The fraction of sp³-hybridized carbons (Fsp3) is 0.350. The van der Waals surface area contributed by atoms with Gasteiger partial charge in [-0.05, 0) is 13.8 Å². The molecule has 2 aromatic rings. The van der Waals surface area contributed by atoms with E-state index in [1.807, 2.05) is 18.8 Å². The molecule has 0 N–H and O–H groups in total. The van der Waals surface area contributed by atoms with Crippen LogP contribution in [0.25, 0.3) is 0 Å². The first kappa shape index (κ1) is 19.0. The Kier molecular flexibility index (Phi) is 6.89. The van der Waals surface area contributed by atoms with Crippen molar-refractivity contribution in [2.45, 2.75) is 39.0 Å². The predicted octanol–water partition coefficient (Wildman–Crippen LogP) is 5.37. The maximum atomic E-state index is 5.33. The summed E-state index contributed by atoms with van der Waals surface area (Å²) in [4.78, 5) is 5.90. The van der Waals surface area contributed by atoms with Gasteiger partial charge in [0.1, 0.15) is 4.78 Å². The Morgan fingerprint density at radius 2 is 1.29 bits per heavy atom. The van der Waals surface area contributed by atoms with Crippen LogP contribution < -0.4 is 10.6 Å². The zero-order valence-corrected chi connectivity index (χ0v) is 16.9. The van der Waals surface area contributed by atoms with Crippen LogP contribution in [0.2, 0.25) is 0 Å². The summed E-state index contributed by atoms with van der Waals surface area (Å²) in [6.45, 7) is 8.76. The molecular formula is C20H27N2PS. The van der Waals surface area contributed by atoms with Crippen LogP contribution in [0.4, 0.5) is 0 Å². The monoisotopic (exact) mass is 358 g/mol. The van der Waals surface area contributed by atoms with Crippen LogP contribution in [0, 0.1) is 0 Å². The quantitative estimate of drug-likeness (QED) is 0.400. The third-order valence-corrected chi connectivity index (χ3v) is 9.10. The van der Waals surface area contributed by atoms with Crippen molar-refractivity contribution in [3.8, 4) is 0 Å². The second-order valence-electron chi connectivity index (χ2n) is 6.19. The topological polar surface area (TPSA) is 24.7 Å². The standard InChI is InChI=1S/C20H27N2PS/c1-16(2)22-23(18-12-8-6-9-13-18,19-14-10-7-11-15-19)20(21-5)24-17(3)4/h6-17H,1-5H3. The number of rotatable bonds is 5. The molecule has 0 saturated heterocycles. The maximum Gasteiger partial charge on any atom is 0.115 e. The van der Waals surface area contributed by atoms with Crippen molar-refractivity contribution in [2.75, 3.05) is 7.05 Å². The van der Waals surface area contributed by atoms with Crippen LogP contribution in [-0.4, -0.2) is 23.1 Å². The Hall–Kier alpha value is -1.31. The van der Waals surface area contributed by atoms with Crippen LogP contribution in [0.15, 0.2) is 70.4 Å². The van der Waals surface area contributed by atoms with Gasteiger partial charge in [-0.1, -0.05) is 74.5 Å². The first-order chi connectivity index (χ1) is 11.5. The minimum absolute atomic E-state index is 0.239. The lowest BCUT2D eigenvalue weighted by Gasteiger charge is -2.29. The van der Waals surface area contributed by atoms with Crippen LogP contribution in [-0.2, 0) is 0 Å². The van der Waals surface area contributed by atoms with Crippen LogP contribution in [0.1, 0.15) is 27.7 Å². The molecule has 2 rings (SSSR count). The van der Waals surface area contributed by atoms with Gasteiger partial charge in [0.15, 0.2) is 0 Å². The molecule has 0 aromatic heterocycles. The number of hydrogen-bond acceptors (Lipinski definition) is 3. The van der Waals surface area contributed by atoms with Crippen molar-refractivity contribution in [1.29, 1.82) is 0 Å². The number of hydrogen-bond donors (Lipinski definition) is 0.